The van der Waals surface area contributed by atoms with E-state index in [1.807, 2.05) is 49.1 Å². The summed E-state index contributed by atoms with van der Waals surface area (Å²) < 4.78 is 5.45. The first-order valence-electron chi connectivity index (χ1n) is 8.90. The van der Waals surface area contributed by atoms with E-state index in [1.165, 1.54) is 6.42 Å². The van der Waals surface area contributed by atoms with Crippen LogP contribution in [0.2, 0.25) is 0 Å². The van der Waals surface area contributed by atoms with Crippen LogP contribution in [-0.2, 0) is 4.79 Å². The van der Waals surface area contributed by atoms with E-state index >= 15 is 0 Å². The average Bonchev–Trinajstić information content (AvgIpc) is 3.14. The summed E-state index contributed by atoms with van der Waals surface area (Å²) in [6.45, 7) is 4.62. The normalized spacial score (nSPS) is 16.8. The SMILES string of the molecule is CCN(C(=O)C1CCCCC1)[C@@H](C)c1nc(-c2ccccc2)no1. The van der Waals surface area contributed by atoms with Crippen molar-refractivity contribution in [2.45, 2.75) is 52.0 Å². The fourth-order valence-electron chi connectivity index (χ4n) is 3.45. The molecule has 1 aliphatic carbocycles. The lowest BCUT2D eigenvalue weighted by molar-refractivity contribution is -0.139. The molecule has 1 aromatic carbocycles. The van der Waals surface area contributed by atoms with Gasteiger partial charge in [0.1, 0.15) is 6.04 Å². The van der Waals surface area contributed by atoms with Gasteiger partial charge in [0.15, 0.2) is 0 Å². The second-order valence-corrected chi connectivity index (χ2v) is 6.46. The number of hydrogen-bond donors (Lipinski definition) is 0. The minimum Gasteiger partial charge on any atom is -0.337 e. The summed E-state index contributed by atoms with van der Waals surface area (Å²) >= 11 is 0. The number of carbonyl (C=O) groups excluding carboxylic acids is 1. The predicted molar refractivity (Wildman–Crippen MR) is 92.1 cm³/mol. The molecule has 24 heavy (non-hydrogen) atoms. The van der Waals surface area contributed by atoms with Gasteiger partial charge in [-0.05, 0) is 26.7 Å². The summed E-state index contributed by atoms with van der Waals surface area (Å²) in [4.78, 5) is 19.2. The average molecular weight is 327 g/mol. The number of aromatic nitrogens is 2. The van der Waals surface area contributed by atoms with Crippen molar-refractivity contribution < 1.29 is 9.32 Å². The van der Waals surface area contributed by atoms with Crippen molar-refractivity contribution in [3.63, 3.8) is 0 Å². The Morgan fingerprint density at radius 1 is 1.25 bits per heavy atom. The van der Waals surface area contributed by atoms with Crippen LogP contribution in [0.5, 0.6) is 0 Å². The van der Waals surface area contributed by atoms with Crippen molar-refractivity contribution in [2.75, 3.05) is 6.54 Å². The lowest BCUT2D eigenvalue weighted by atomic mass is 9.88. The Morgan fingerprint density at radius 2 is 1.96 bits per heavy atom. The van der Waals surface area contributed by atoms with Gasteiger partial charge in [-0.25, -0.2) is 0 Å². The van der Waals surface area contributed by atoms with Crippen LogP contribution in [0.4, 0.5) is 0 Å². The van der Waals surface area contributed by atoms with E-state index < -0.39 is 0 Å². The summed E-state index contributed by atoms with van der Waals surface area (Å²) in [5.74, 6) is 1.44. The Hall–Kier alpha value is -2.17. The van der Waals surface area contributed by atoms with Gasteiger partial charge in [0.25, 0.3) is 0 Å². The minimum absolute atomic E-state index is 0.151. The standard InChI is InChI=1S/C19H25N3O2/c1-3-22(19(23)16-12-8-5-9-13-16)14(2)18-20-17(21-24-18)15-10-6-4-7-11-15/h4,6-7,10-11,14,16H,3,5,8-9,12-13H2,1-2H3/t14-/m0/s1. The molecule has 0 spiro atoms. The zero-order chi connectivity index (χ0) is 16.9. The maximum Gasteiger partial charge on any atom is 0.249 e. The van der Waals surface area contributed by atoms with E-state index in [0.29, 0.717) is 18.3 Å². The molecule has 1 aromatic heterocycles. The molecule has 0 unspecified atom stereocenters. The zero-order valence-electron chi connectivity index (χ0n) is 14.4. The van der Waals surface area contributed by atoms with Crippen LogP contribution in [0, 0.1) is 5.92 Å². The Labute approximate surface area is 143 Å². The van der Waals surface area contributed by atoms with Crippen LogP contribution < -0.4 is 0 Å². The van der Waals surface area contributed by atoms with Crippen LogP contribution in [0.3, 0.4) is 0 Å². The summed E-state index contributed by atoms with van der Waals surface area (Å²) in [5, 5.41) is 4.07. The topological polar surface area (TPSA) is 59.2 Å². The molecule has 5 heteroatoms. The van der Waals surface area contributed by atoms with E-state index in [2.05, 4.69) is 10.1 Å². The molecule has 2 aromatic rings. The van der Waals surface area contributed by atoms with E-state index in [0.717, 1.165) is 31.2 Å². The van der Waals surface area contributed by atoms with E-state index in [4.69, 9.17) is 4.52 Å². The van der Waals surface area contributed by atoms with Gasteiger partial charge in [0.2, 0.25) is 17.6 Å². The molecule has 0 radical (unpaired) electrons. The quantitative estimate of drug-likeness (QED) is 0.824. The highest BCUT2D eigenvalue weighted by atomic mass is 16.5. The van der Waals surface area contributed by atoms with Crippen LogP contribution in [0.1, 0.15) is 57.9 Å². The molecule has 1 fully saturated rings. The van der Waals surface area contributed by atoms with E-state index in [9.17, 15) is 4.79 Å². The van der Waals surface area contributed by atoms with Gasteiger partial charge in [0.05, 0.1) is 0 Å². The van der Waals surface area contributed by atoms with Crippen LogP contribution in [0.15, 0.2) is 34.9 Å². The van der Waals surface area contributed by atoms with Gasteiger partial charge < -0.3 is 9.42 Å². The summed E-state index contributed by atoms with van der Waals surface area (Å²) in [5.41, 5.74) is 0.918. The molecule has 3 rings (SSSR count). The molecule has 1 aliphatic rings. The molecule has 5 nitrogen and oxygen atoms in total. The highest BCUT2D eigenvalue weighted by Crippen LogP contribution is 2.29. The molecule has 0 bridgehead atoms. The van der Waals surface area contributed by atoms with E-state index in [1.54, 1.807) is 0 Å². The molecule has 0 N–H and O–H groups in total. The molecule has 0 saturated heterocycles. The number of benzene rings is 1. The Bertz CT molecular complexity index is 662. The van der Waals surface area contributed by atoms with Gasteiger partial charge in [0, 0.05) is 18.0 Å². The third kappa shape index (κ3) is 3.50. The van der Waals surface area contributed by atoms with Gasteiger partial charge in [-0.1, -0.05) is 54.8 Å². The van der Waals surface area contributed by atoms with E-state index in [-0.39, 0.29) is 17.9 Å². The largest absolute Gasteiger partial charge is 0.337 e. The third-order valence-electron chi connectivity index (χ3n) is 4.88. The van der Waals surface area contributed by atoms with Crippen molar-refractivity contribution in [2.24, 2.45) is 5.92 Å². The van der Waals surface area contributed by atoms with Gasteiger partial charge in [-0.2, -0.15) is 4.98 Å². The number of nitrogens with zero attached hydrogens (tertiary/aromatic N) is 3. The Kier molecular flexibility index (Phi) is 5.28. The molecule has 1 saturated carbocycles. The zero-order valence-corrected chi connectivity index (χ0v) is 14.4. The molecule has 1 amide bonds. The predicted octanol–water partition coefficient (Wildman–Crippen LogP) is 4.23. The van der Waals surface area contributed by atoms with Crippen molar-refractivity contribution >= 4 is 5.91 Å². The van der Waals surface area contributed by atoms with Crippen LogP contribution >= 0.6 is 0 Å². The molecule has 0 aliphatic heterocycles. The van der Waals surface area contributed by atoms with Gasteiger partial charge in [-0.3, -0.25) is 4.79 Å². The van der Waals surface area contributed by atoms with Crippen molar-refractivity contribution in [1.82, 2.24) is 15.0 Å². The monoisotopic (exact) mass is 327 g/mol. The fourth-order valence-corrected chi connectivity index (χ4v) is 3.45. The second kappa shape index (κ2) is 7.60. The first-order chi connectivity index (χ1) is 11.7. The number of carbonyl (C=O) groups is 1. The summed E-state index contributed by atoms with van der Waals surface area (Å²) in [6, 6.07) is 9.54. The van der Waals surface area contributed by atoms with Gasteiger partial charge in [-0.15, -0.1) is 0 Å². The smallest absolute Gasteiger partial charge is 0.249 e. The first kappa shape index (κ1) is 16.7. The lowest BCUT2D eigenvalue weighted by Gasteiger charge is -2.31. The minimum atomic E-state index is -0.200. The Morgan fingerprint density at radius 3 is 2.62 bits per heavy atom. The maximum atomic E-state index is 12.9. The molecular formula is C19H25N3O2. The highest BCUT2D eigenvalue weighted by Gasteiger charge is 2.30. The lowest BCUT2D eigenvalue weighted by Crippen LogP contribution is -2.38. The second-order valence-electron chi connectivity index (χ2n) is 6.46. The van der Waals surface area contributed by atoms with Crippen LogP contribution in [0.25, 0.3) is 11.4 Å². The highest BCUT2D eigenvalue weighted by molar-refractivity contribution is 5.79. The Balaban J connectivity index is 1.75. The molecular weight excluding hydrogens is 302 g/mol. The number of rotatable bonds is 5. The summed E-state index contributed by atoms with van der Waals surface area (Å²) in [6.07, 6.45) is 5.56. The fraction of sp³-hybridized carbons (Fsp3) is 0.526. The van der Waals surface area contributed by atoms with Crippen molar-refractivity contribution in [1.29, 1.82) is 0 Å². The molecule has 1 heterocycles. The maximum absolute atomic E-state index is 12.9. The van der Waals surface area contributed by atoms with Gasteiger partial charge >= 0.3 is 0 Å². The number of hydrogen-bond acceptors (Lipinski definition) is 4. The summed E-state index contributed by atoms with van der Waals surface area (Å²) in [7, 11) is 0. The van der Waals surface area contributed by atoms with Crippen molar-refractivity contribution in [3.8, 4) is 11.4 Å². The van der Waals surface area contributed by atoms with Crippen LogP contribution in [-0.4, -0.2) is 27.5 Å². The third-order valence-corrected chi connectivity index (χ3v) is 4.88. The first-order valence-corrected chi connectivity index (χ1v) is 8.90. The molecule has 128 valence electrons. The number of amides is 1. The van der Waals surface area contributed by atoms with Crippen molar-refractivity contribution in [3.05, 3.63) is 36.2 Å². The molecule has 1 atom stereocenters.